The molecule has 114 valence electrons. The standard InChI is InChI=1S/C19H26O2/c1-3-20-15-6-5-11-12-9-14(18(11)15)17-10-7-13(19(12)17)16(8-10)21-4-2/h3-4,10-19H,1-2,5-9H2. The predicted molar refractivity (Wildman–Crippen MR) is 81.1 cm³/mol. The summed E-state index contributed by atoms with van der Waals surface area (Å²) in [5.41, 5.74) is 0. The minimum absolute atomic E-state index is 0.475. The maximum absolute atomic E-state index is 5.88. The van der Waals surface area contributed by atoms with Crippen LogP contribution in [-0.2, 0) is 9.47 Å². The molecule has 0 N–H and O–H groups in total. The largest absolute Gasteiger partial charge is 0.498 e. The molecule has 0 aromatic rings. The second-order valence-corrected chi connectivity index (χ2v) is 8.11. The molecule has 4 bridgehead atoms. The highest BCUT2D eigenvalue weighted by molar-refractivity contribution is 5.18. The molecule has 5 aliphatic rings. The molecule has 0 spiro atoms. The fraction of sp³-hybridized carbons (Fsp3) is 0.789. The van der Waals surface area contributed by atoms with Gasteiger partial charge < -0.3 is 9.47 Å². The zero-order valence-electron chi connectivity index (χ0n) is 12.7. The lowest BCUT2D eigenvalue weighted by Crippen LogP contribution is -2.42. The van der Waals surface area contributed by atoms with E-state index in [4.69, 9.17) is 9.47 Å². The van der Waals surface area contributed by atoms with E-state index < -0.39 is 0 Å². The third-order valence-corrected chi connectivity index (χ3v) is 7.90. The first-order valence-electron chi connectivity index (χ1n) is 8.86. The summed E-state index contributed by atoms with van der Waals surface area (Å²) in [6.45, 7) is 7.56. The zero-order chi connectivity index (χ0) is 14.1. The number of ether oxygens (including phenoxy) is 2. The molecule has 2 heteroatoms. The second-order valence-electron chi connectivity index (χ2n) is 8.11. The van der Waals surface area contributed by atoms with Crippen molar-refractivity contribution in [2.75, 3.05) is 0 Å². The minimum Gasteiger partial charge on any atom is -0.498 e. The van der Waals surface area contributed by atoms with Crippen molar-refractivity contribution in [3.63, 3.8) is 0 Å². The Hall–Kier alpha value is -0.920. The van der Waals surface area contributed by atoms with Gasteiger partial charge in [0.05, 0.1) is 12.5 Å². The van der Waals surface area contributed by atoms with E-state index in [1.165, 1.54) is 32.1 Å². The van der Waals surface area contributed by atoms with Gasteiger partial charge in [0.1, 0.15) is 12.2 Å². The van der Waals surface area contributed by atoms with Crippen LogP contribution in [0.2, 0.25) is 0 Å². The first-order chi connectivity index (χ1) is 10.3. The average molecular weight is 286 g/mol. The molecule has 10 atom stereocenters. The number of hydrogen-bond donors (Lipinski definition) is 0. The molecule has 5 fully saturated rings. The Balaban J connectivity index is 1.43. The third-order valence-electron chi connectivity index (χ3n) is 7.90. The van der Waals surface area contributed by atoms with Crippen molar-refractivity contribution >= 4 is 0 Å². The van der Waals surface area contributed by atoms with Crippen LogP contribution in [0.5, 0.6) is 0 Å². The van der Waals surface area contributed by atoms with Crippen LogP contribution >= 0.6 is 0 Å². The second kappa shape index (κ2) is 4.30. The number of fused-ring (bicyclic) bond motifs is 12. The summed E-state index contributed by atoms with van der Waals surface area (Å²) in [5.74, 6) is 7.38. The molecule has 0 saturated heterocycles. The van der Waals surface area contributed by atoms with Crippen LogP contribution in [0.4, 0.5) is 0 Å². The Morgan fingerprint density at radius 1 is 0.667 bits per heavy atom. The molecule has 0 aliphatic heterocycles. The van der Waals surface area contributed by atoms with Gasteiger partial charge in [-0.25, -0.2) is 0 Å². The molecule has 5 saturated carbocycles. The predicted octanol–water partition coefficient (Wildman–Crippen LogP) is 3.99. The van der Waals surface area contributed by atoms with Crippen LogP contribution in [0.1, 0.15) is 32.1 Å². The van der Waals surface area contributed by atoms with E-state index >= 15 is 0 Å². The number of rotatable bonds is 4. The molecule has 2 nitrogen and oxygen atoms in total. The Morgan fingerprint density at radius 3 is 2.29 bits per heavy atom. The van der Waals surface area contributed by atoms with Gasteiger partial charge in [0.25, 0.3) is 0 Å². The highest BCUT2D eigenvalue weighted by atomic mass is 16.5. The van der Waals surface area contributed by atoms with E-state index in [2.05, 4.69) is 13.2 Å². The molecule has 10 unspecified atom stereocenters. The molecule has 21 heavy (non-hydrogen) atoms. The summed E-state index contributed by atoms with van der Waals surface area (Å²) in [6.07, 6.45) is 11.2. The lowest BCUT2D eigenvalue weighted by molar-refractivity contribution is -0.0278. The quantitative estimate of drug-likeness (QED) is 0.574. The van der Waals surface area contributed by atoms with Crippen LogP contribution in [0, 0.1) is 47.3 Å². The van der Waals surface area contributed by atoms with Crippen molar-refractivity contribution in [2.45, 2.75) is 44.3 Å². The van der Waals surface area contributed by atoms with E-state index in [1.807, 2.05) is 0 Å². The Labute approximate surface area is 127 Å². The van der Waals surface area contributed by atoms with Crippen molar-refractivity contribution in [2.24, 2.45) is 47.3 Å². The Morgan fingerprint density at radius 2 is 1.48 bits per heavy atom. The van der Waals surface area contributed by atoms with E-state index in [0.717, 1.165) is 47.3 Å². The summed E-state index contributed by atoms with van der Waals surface area (Å²) in [7, 11) is 0. The topological polar surface area (TPSA) is 18.5 Å². The fourth-order valence-electron chi connectivity index (χ4n) is 7.80. The lowest BCUT2D eigenvalue weighted by Gasteiger charge is -2.43. The van der Waals surface area contributed by atoms with Gasteiger partial charge in [0.15, 0.2) is 0 Å². The molecular formula is C19H26O2. The average Bonchev–Trinajstić information content (AvgIpc) is 3.21. The Kier molecular flexibility index (Phi) is 2.58. The first kappa shape index (κ1) is 12.6. The SMILES string of the molecule is C=COC1CC2CC1C1C3CC(C4C(OC=C)CCC34)C21. The molecule has 5 aliphatic carbocycles. The van der Waals surface area contributed by atoms with Gasteiger partial charge in [0.2, 0.25) is 0 Å². The van der Waals surface area contributed by atoms with Crippen molar-refractivity contribution in [1.82, 2.24) is 0 Å². The summed E-state index contributed by atoms with van der Waals surface area (Å²) in [6, 6.07) is 0. The van der Waals surface area contributed by atoms with Crippen LogP contribution in [0.15, 0.2) is 25.7 Å². The van der Waals surface area contributed by atoms with Crippen LogP contribution < -0.4 is 0 Å². The van der Waals surface area contributed by atoms with Gasteiger partial charge in [-0.05, 0) is 73.5 Å². The van der Waals surface area contributed by atoms with E-state index in [9.17, 15) is 0 Å². The fourth-order valence-corrected chi connectivity index (χ4v) is 7.80. The molecule has 0 amide bonds. The van der Waals surface area contributed by atoms with Crippen LogP contribution in [-0.4, -0.2) is 12.2 Å². The number of hydrogen-bond acceptors (Lipinski definition) is 2. The summed E-state index contributed by atoms with van der Waals surface area (Å²) in [4.78, 5) is 0. The molecular weight excluding hydrogens is 260 g/mol. The molecule has 5 rings (SSSR count). The van der Waals surface area contributed by atoms with Crippen molar-refractivity contribution in [1.29, 1.82) is 0 Å². The minimum atomic E-state index is 0.475. The first-order valence-corrected chi connectivity index (χ1v) is 8.86. The smallest absolute Gasteiger partial charge is 0.101 e. The summed E-state index contributed by atoms with van der Waals surface area (Å²) < 4.78 is 11.7. The molecule has 0 aromatic heterocycles. The van der Waals surface area contributed by atoms with Gasteiger partial charge in [-0.15, -0.1) is 0 Å². The van der Waals surface area contributed by atoms with E-state index in [1.54, 1.807) is 12.5 Å². The monoisotopic (exact) mass is 286 g/mol. The normalized spacial score (nSPS) is 58.9. The maximum Gasteiger partial charge on any atom is 0.101 e. The van der Waals surface area contributed by atoms with Gasteiger partial charge in [0, 0.05) is 5.92 Å². The maximum atomic E-state index is 5.88. The highest BCUT2D eigenvalue weighted by Crippen LogP contribution is 2.73. The lowest BCUT2D eigenvalue weighted by atomic mass is 9.63. The van der Waals surface area contributed by atoms with Crippen molar-refractivity contribution < 1.29 is 9.47 Å². The summed E-state index contributed by atoms with van der Waals surface area (Å²) >= 11 is 0. The molecule has 0 aromatic carbocycles. The van der Waals surface area contributed by atoms with Gasteiger partial charge >= 0.3 is 0 Å². The van der Waals surface area contributed by atoms with Crippen LogP contribution in [0.3, 0.4) is 0 Å². The third kappa shape index (κ3) is 1.44. The summed E-state index contributed by atoms with van der Waals surface area (Å²) in [5, 5.41) is 0. The zero-order valence-corrected chi connectivity index (χ0v) is 12.7. The molecule has 0 radical (unpaired) electrons. The van der Waals surface area contributed by atoms with Gasteiger partial charge in [-0.2, -0.15) is 0 Å². The van der Waals surface area contributed by atoms with Crippen LogP contribution in [0.25, 0.3) is 0 Å². The van der Waals surface area contributed by atoms with Gasteiger partial charge in [-0.1, -0.05) is 13.2 Å². The van der Waals surface area contributed by atoms with Gasteiger partial charge in [-0.3, -0.25) is 0 Å². The van der Waals surface area contributed by atoms with E-state index in [-0.39, 0.29) is 0 Å². The molecule has 0 heterocycles. The Bertz CT molecular complexity index is 472. The van der Waals surface area contributed by atoms with Crippen molar-refractivity contribution in [3.05, 3.63) is 25.7 Å². The van der Waals surface area contributed by atoms with Crippen molar-refractivity contribution in [3.8, 4) is 0 Å². The highest BCUT2D eigenvalue weighted by Gasteiger charge is 2.69. The van der Waals surface area contributed by atoms with E-state index in [0.29, 0.717) is 12.2 Å².